The number of aromatic nitrogens is 2. The second-order valence-corrected chi connectivity index (χ2v) is 10.1. The molecule has 0 aliphatic heterocycles. The summed E-state index contributed by atoms with van der Waals surface area (Å²) in [6, 6.07) is 7.60. The van der Waals surface area contributed by atoms with Crippen molar-refractivity contribution in [3.05, 3.63) is 76.4 Å². The van der Waals surface area contributed by atoms with Gasteiger partial charge in [-0.25, -0.2) is 17.9 Å². The topological polar surface area (TPSA) is 128 Å². The zero-order valence-corrected chi connectivity index (χ0v) is 23.2. The minimum absolute atomic E-state index is 0.0316. The Morgan fingerprint density at radius 3 is 2.32 bits per heavy atom. The molecule has 2 N–H and O–H groups in total. The smallest absolute Gasteiger partial charge is 0.274 e. The lowest BCUT2D eigenvalue weighted by Gasteiger charge is -2.20. The van der Waals surface area contributed by atoms with E-state index in [1.54, 1.807) is 0 Å². The van der Waals surface area contributed by atoms with Crippen LogP contribution in [-0.4, -0.2) is 63.1 Å². The van der Waals surface area contributed by atoms with E-state index in [2.05, 4.69) is 5.10 Å². The summed E-state index contributed by atoms with van der Waals surface area (Å²) < 4.78 is 48.9. The van der Waals surface area contributed by atoms with Gasteiger partial charge < -0.3 is 29.8 Å². The number of carbonyl (C=O) groups excluding carboxylic acids is 2. The van der Waals surface area contributed by atoms with Gasteiger partial charge in [-0.2, -0.15) is 5.10 Å². The Balaban J connectivity index is 2.00. The van der Waals surface area contributed by atoms with Crippen molar-refractivity contribution in [2.24, 2.45) is 0 Å². The lowest BCUT2D eigenvalue weighted by Crippen LogP contribution is -2.29. The van der Waals surface area contributed by atoms with Crippen molar-refractivity contribution >= 4 is 11.9 Å². The van der Waals surface area contributed by atoms with Gasteiger partial charge in [0.1, 0.15) is 11.6 Å². The summed E-state index contributed by atoms with van der Waals surface area (Å²) in [6.45, 7) is 3.35. The van der Waals surface area contributed by atoms with Crippen LogP contribution in [0, 0.1) is 17.5 Å². The Labute approximate surface area is 235 Å². The van der Waals surface area contributed by atoms with E-state index in [9.17, 15) is 38.1 Å². The number of amides is 1. The van der Waals surface area contributed by atoms with Gasteiger partial charge in [0.15, 0.2) is 17.3 Å². The lowest BCUT2D eigenvalue weighted by molar-refractivity contribution is -0.307. The van der Waals surface area contributed by atoms with E-state index in [0.717, 1.165) is 6.07 Å². The van der Waals surface area contributed by atoms with E-state index >= 15 is 0 Å². The van der Waals surface area contributed by atoms with Crippen LogP contribution in [0.1, 0.15) is 66.3 Å². The van der Waals surface area contributed by atoms with Crippen molar-refractivity contribution in [3.63, 3.8) is 0 Å². The Morgan fingerprint density at radius 2 is 1.73 bits per heavy atom. The van der Waals surface area contributed by atoms with Gasteiger partial charge in [0.05, 0.1) is 37.1 Å². The second-order valence-electron chi connectivity index (χ2n) is 10.1. The molecule has 12 heteroatoms. The minimum atomic E-state index is -1.44. The van der Waals surface area contributed by atoms with E-state index in [4.69, 9.17) is 4.74 Å². The first-order valence-corrected chi connectivity index (χ1v) is 13.0. The van der Waals surface area contributed by atoms with E-state index in [1.807, 2.05) is 13.8 Å². The van der Waals surface area contributed by atoms with Gasteiger partial charge in [0.25, 0.3) is 5.91 Å². The predicted octanol–water partition coefficient (Wildman–Crippen LogP) is 2.88. The molecular formula is C29H33F3N3O6-. The molecule has 0 aliphatic rings. The molecule has 0 fully saturated rings. The average Bonchev–Trinajstić information content (AvgIpc) is 3.29. The maximum Gasteiger partial charge on any atom is 0.274 e. The third-order valence-electron chi connectivity index (χ3n) is 6.65. The van der Waals surface area contributed by atoms with Crippen LogP contribution in [-0.2, 0) is 17.8 Å². The molecule has 0 saturated heterocycles. The van der Waals surface area contributed by atoms with Crippen molar-refractivity contribution in [3.8, 4) is 11.4 Å². The normalized spacial score (nSPS) is 12.8. The highest BCUT2D eigenvalue weighted by molar-refractivity contribution is 5.94. The maximum atomic E-state index is 14.6. The number of carboxylic acids is 1. The molecule has 0 bridgehead atoms. The van der Waals surface area contributed by atoms with Gasteiger partial charge in [-0.3, -0.25) is 4.79 Å². The van der Waals surface area contributed by atoms with Crippen molar-refractivity contribution in [1.29, 1.82) is 0 Å². The molecular weight excluding hydrogens is 543 g/mol. The monoisotopic (exact) mass is 576 g/mol. The fourth-order valence-corrected chi connectivity index (χ4v) is 4.68. The fraction of sp³-hybridized carbons (Fsp3) is 0.414. The van der Waals surface area contributed by atoms with E-state index < -0.39 is 48.0 Å². The first-order valence-electron chi connectivity index (χ1n) is 13.0. The molecule has 0 spiro atoms. The van der Waals surface area contributed by atoms with Crippen LogP contribution in [0.2, 0.25) is 0 Å². The van der Waals surface area contributed by atoms with E-state index in [1.165, 1.54) is 54.1 Å². The number of aliphatic hydroxyl groups is 2. The molecule has 3 aromatic rings. The number of nitrogens with zero attached hydrogens (tertiary/aromatic N) is 3. The summed E-state index contributed by atoms with van der Waals surface area (Å²) in [6.07, 6.45) is -2.94. The SMILES string of the molecule is COc1ccc(F)c(F)c1CN(C)C(=O)c1nn(-c2ccc(F)cc2)c(CC[C@@H](O)C[C@@H](O)CC(=O)[O-])c1C(C)C. The molecule has 0 saturated carbocycles. The zero-order chi connectivity index (χ0) is 30.4. The van der Waals surface area contributed by atoms with Gasteiger partial charge in [0.2, 0.25) is 0 Å². The number of carbonyl (C=O) groups is 2. The molecule has 222 valence electrons. The Kier molecular flexibility index (Phi) is 10.5. The number of rotatable bonds is 13. The first kappa shape index (κ1) is 31.6. The van der Waals surface area contributed by atoms with Crippen molar-refractivity contribution in [2.75, 3.05) is 14.2 Å². The Hall–Kier alpha value is -3.90. The highest BCUT2D eigenvalue weighted by Gasteiger charge is 2.29. The second kappa shape index (κ2) is 13.6. The van der Waals surface area contributed by atoms with Gasteiger partial charge in [0, 0.05) is 30.7 Å². The third kappa shape index (κ3) is 7.65. The van der Waals surface area contributed by atoms with E-state index in [-0.39, 0.29) is 48.7 Å². The maximum absolute atomic E-state index is 14.6. The number of aliphatic hydroxyl groups excluding tert-OH is 2. The van der Waals surface area contributed by atoms with E-state index in [0.29, 0.717) is 16.9 Å². The molecule has 1 heterocycles. The lowest BCUT2D eigenvalue weighted by atomic mass is 9.95. The Bertz CT molecular complexity index is 1380. The highest BCUT2D eigenvalue weighted by atomic mass is 19.2. The summed E-state index contributed by atoms with van der Waals surface area (Å²) in [5.74, 6) is -4.93. The molecule has 2 atom stereocenters. The molecule has 0 aliphatic carbocycles. The minimum Gasteiger partial charge on any atom is -0.550 e. The number of benzene rings is 2. The van der Waals surface area contributed by atoms with Crippen LogP contribution < -0.4 is 9.84 Å². The fourth-order valence-electron chi connectivity index (χ4n) is 4.68. The summed E-state index contributed by atoms with van der Waals surface area (Å²) in [7, 11) is 2.72. The zero-order valence-electron chi connectivity index (χ0n) is 23.2. The highest BCUT2D eigenvalue weighted by Crippen LogP contribution is 2.30. The predicted molar refractivity (Wildman–Crippen MR) is 141 cm³/mol. The largest absolute Gasteiger partial charge is 0.550 e. The van der Waals surface area contributed by atoms with Crippen LogP contribution in [0.4, 0.5) is 13.2 Å². The average molecular weight is 577 g/mol. The molecule has 2 aromatic carbocycles. The molecule has 1 aromatic heterocycles. The summed E-state index contributed by atoms with van der Waals surface area (Å²) >= 11 is 0. The number of halogens is 3. The summed E-state index contributed by atoms with van der Waals surface area (Å²) in [5, 5.41) is 35.7. The standard InChI is InChI=1S/C29H34F3N3O6/c1-16(2)26-23(11-9-19(36)13-20(37)14-25(38)39)35(18-7-5-17(30)6-8-18)33-28(26)29(40)34(3)15-21-24(41-4)12-10-22(31)27(21)32/h5-8,10,12,16,19-20,36-37H,9,11,13-15H2,1-4H3,(H,38,39)/p-1/t19-,20-/m1/s1. The molecule has 0 radical (unpaired) electrons. The van der Waals surface area contributed by atoms with Crippen LogP contribution in [0.25, 0.3) is 5.69 Å². The number of methoxy groups -OCH3 is 1. The number of hydrogen-bond donors (Lipinski definition) is 2. The molecule has 9 nitrogen and oxygen atoms in total. The van der Waals surface area contributed by atoms with Gasteiger partial charge >= 0.3 is 0 Å². The number of ether oxygens (including phenoxy) is 1. The number of aliphatic carboxylic acids is 1. The van der Waals surface area contributed by atoms with Crippen molar-refractivity contribution in [1.82, 2.24) is 14.7 Å². The summed E-state index contributed by atoms with van der Waals surface area (Å²) in [5.41, 5.74) is 1.39. The van der Waals surface area contributed by atoms with Gasteiger partial charge in [-0.1, -0.05) is 13.8 Å². The number of carboxylic acid groups (broad SMARTS) is 1. The van der Waals surface area contributed by atoms with Gasteiger partial charge in [-0.15, -0.1) is 0 Å². The van der Waals surface area contributed by atoms with Gasteiger partial charge in [-0.05, 0) is 61.6 Å². The van der Waals surface area contributed by atoms with Crippen molar-refractivity contribution in [2.45, 2.75) is 64.2 Å². The van der Waals surface area contributed by atoms with Crippen LogP contribution in [0.5, 0.6) is 5.75 Å². The molecule has 0 unspecified atom stereocenters. The summed E-state index contributed by atoms with van der Waals surface area (Å²) in [4.78, 5) is 25.6. The van der Waals surface area contributed by atoms with Crippen LogP contribution >= 0.6 is 0 Å². The van der Waals surface area contributed by atoms with Crippen molar-refractivity contribution < 1.29 is 42.8 Å². The molecule has 1 amide bonds. The molecule has 3 rings (SSSR count). The quantitative estimate of drug-likeness (QED) is 0.320. The number of hydrogen-bond acceptors (Lipinski definition) is 7. The van der Waals surface area contributed by atoms with Crippen LogP contribution in [0.15, 0.2) is 36.4 Å². The van der Waals surface area contributed by atoms with Crippen LogP contribution in [0.3, 0.4) is 0 Å². The first-order chi connectivity index (χ1) is 19.3. The Morgan fingerprint density at radius 1 is 1.07 bits per heavy atom. The molecule has 41 heavy (non-hydrogen) atoms. The third-order valence-corrected chi connectivity index (χ3v) is 6.65.